The van der Waals surface area contributed by atoms with Crippen molar-refractivity contribution in [3.8, 4) is 0 Å². The second-order valence-electron chi connectivity index (χ2n) is 6.50. The van der Waals surface area contributed by atoms with E-state index >= 15 is 0 Å². The standard InChI is InChI=1S/C17H14BrFO5/c18-14-9-5-10-13(17(22)24-15(10)14)12(9)16(21)23-6-11(20)7-1-3-8(19)4-2-7/h1-4,9-10,12-15H,5-6H2/t9-,10-,12-,13-,14+,15+/m1/s1. The SMILES string of the molecule is O=C(COC(=O)[C@@H]1[C@H]2C[C@H]3[C@H](OC(=O)[C@H]31)[C@H]2Br)c1ccc(F)cc1. The monoisotopic (exact) mass is 396 g/mol. The van der Waals surface area contributed by atoms with E-state index in [-0.39, 0.29) is 34.3 Å². The number of hydrogen-bond donors (Lipinski definition) is 0. The molecule has 1 saturated heterocycles. The molecule has 1 heterocycles. The first-order valence-corrected chi connectivity index (χ1v) is 8.69. The van der Waals surface area contributed by atoms with E-state index in [0.717, 1.165) is 6.42 Å². The van der Waals surface area contributed by atoms with E-state index in [1.807, 2.05) is 0 Å². The Bertz CT molecular complexity index is 718. The van der Waals surface area contributed by atoms with Gasteiger partial charge >= 0.3 is 11.9 Å². The molecule has 2 bridgehead atoms. The Balaban J connectivity index is 1.43. The Morgan fingerprint density at radius 3 is 2.67 bits per heavy atom. The summed E-state index contributed by atoms with van der Waals surface area (Å²) >= 11 is 3.52. The van der Waals surface area contributed by atoms with Gasteiger partial charge in [-0.2, -0.15) is 0 Å². The van der Waals surface area contributed by atoms with Gasteiger partial charge in [0.15, 0.2) is 12.4 Å². The number of alkyl halides is 1. The Morgan fingerprint density at radius 1 is 1.25 bits per heavy atom. The van der Waals surface area contributed by atoms with Crippen LogP contribution in [0.4, 0.5) is 4.39 Å². The third kappa shape index (κ3) is 2.29. The first-order chi connectivity index (χ1) is 11.5. The van der Waals surface area contributed by atoms with Gasteiger partial charge in [-0.05, 0) is 36.6 Å². The van der Waals surface area contributed by atoms with E-state index < -0.39 is 36.0 Å². The van der Waals surface area contributed by atoms with Crippen LogP contribution in [-0.2, 0) is 19.1 Å². The summed E-state index contributed by atoms with van der Waals surface area (Å²) in [5.74, 6) is -2.71. The van der Waals surface area contributed by atoms with Crippen LogP contribution in [-0.4, -0.2) is 35.3 Å². The smallest absolute Gasteiger partial charge is 0.310 e. The second-order valence-corrected chi connectivity index (χ2v) is 7.56. The number of fused-ring (bicyclic) bond motifs is 1. The van der Waals surface area contributed by atoms with Crippen LogP contribution in [0.15, 0.2) is 24.3 Å². The maximum atomic E-state index is 12.9. The van der Waals surface area contributed by atoms with E-state index in [2.05, 4.69) is 15.9 Å². The van der Waals surface area contributed by atoms with Crippen molar-refractivity contribution >= 4 is 33.7 Å². The van der Waals surface area contributed by atoms with Crippen molar-refractivity contribution in [2.75, 3.05) is 6.61 Å². The molecule has 24 heavy (non-hydrogen) atoms. The summed E-state index contributed by atoms with van der Waals surface area (Å²) in [5, 5.41) is 0. The predicted octanol–water partition coefficient (Wildman–Crippen LogP) is 2.12. The maximum absolute atomic E-state index is 12.9. The van der Waals surface area contributed by atoms with Crippen molar-refractivity contribution in [1.82, 2.24) is 0 Å². The van der Waals surface area contributed by atoms with E-state index in [1.54, 1.807) is 0 Å². The Hall–Kier alpha value is -1.76. The van der Waals surface area contributed by atoms with Crippen LogP contribution in [0.25, 0.3) is 0 Å². The molecule has 0 spiro atoms. The molecule has 2 aliphatic carbocycles. The molecule has 1 aromatic rings. The third-order valence-electron chi connectivity index (χ3n) is 5.31. The highest BCUT2D eigenvalue weighted by Crippen LogP contribution is 2.60. The Morgan fingerprint density at radius 2 is 1.96 bits per heavy atom. The quantitative estimate of drug-likeness (QED) is 0.442. The summed E-state index contributed by atoms with van der Waals surface area (Å²) in [4.78, 5) is 36.4. The molecule has 126 valence electrons. The van der Waals surface area contributed by atoms with Crippen molar-refractivity contribution in [2.45, 2.75) is 17.4 Å². The molecular weight excluding hydrogens is 383 g/mol. The maximum Gasteiger partial charge on any atom is 0.310 e. The van der Waals surface area contributed by atoms with Crippen LogP contribution in [0.1, 0.15) is 16.8 Å². The number of halogens is 2. The molecule has 6 atom stereocenters. The number of Topliss-reactive ketones (excluding diaryl/α,β-unsaturated/α-hetero) is 1. The lowest BCUT2D eigenvalue weighted by Crippen LogP contribution is -2.39. The highest BCUT2D eigenvalue weighted by atomic mass is 79.9. The van der Waals surface area contributed by atoms with Gasteiger partial charge < -0.3 is 9.47 Å². The van der Waals surface area contributed by atoms with Crippen molar-refractivity contribution in [3.63, 3.8) is 0 Å². The average molecular weight is 397 g/mol. The molecule has 3 fully saturated rings. The molecule has 0 radical (unpaired) electrons. The zero-order valence-electron chi connectivity index (χ0n) is 12.5. The molecule has 0 amide bonds. The van der Waals surface area contributed by atoms with Gasteiger partial charge in [0.1, 0.15) is 11.9 Å². The number of hydrogen-bond acceptors (Lipinski definition) is 5. The summed E-state index contributed by atoms with van der Waals surface area (Å²) in [7, 11) is 0. The van der Waals surface area contributed by atoms with Gasteiger partial charge in [-0.1, -0.05) is 15.9 Å². The zero-order chi connectivity index (χ0) is 17.0. The topological polar surface area (TPSA) is 69.7 Å². The second kappa shape index (κ2) is 5.65. The summed E-state index contributed by atoms with van der Waals surface area (Å²) in [6.07, 6.45) is 0.597. The Labute approximate surface area is 145 Å². The molecule has 1 aliphatic heterocycles. The molecule has 0 unspecified atom stereocenters. The molecule has 4 rings (SSSR count). The van der Waals surface area contributed by atoms with Gasteiger partial charge in [0.2, 0.25) is 0 Å². The van der Waals surface area contributed by atoms with Crippen LogP contribution < -0.4 is 0 Å². The number of esters is 2. The van der Waals surface area contributed by atoms with Gasteiger partial charge in [-0.15, -0.1) is 0 Å². The molecule has 0 N–H and O–H groups in total. The first kappa shape index (κ1) is 15.7. The van der Waals surface area contributed by atoms with Crippen LogP contribution >= 0.6 is 15.9 Å². The van der Waals surface area contributed by atoms with E-state index in [4.69, 9.17) is 9.47 Å². The number of rotatable bonds is 4. The number of benzene rings is 1. The molecule has 2 saturated carbocycles. The summed E-state index contributed by atoms with van der Waals surface area (Å²) in [6.45, 7) is -0.420. The highest BCUT2D eigenvalue weighted by Gasteiger charge is 2.68. The third-order valence-corrected chi connectivity index (χ3v) is 6.51. The van der Waals surface area contributed by atoms with Crippen LogP contribution in [0.5, 0.6) is 0 Å². The van der Waals surface area contributed by atoms with Crippen molar-refractivity contribution in [2.24, 2.45) is 23.7 Å². The van der Waals surface area contributed by atoms with Gasteiger partial charge in [0.25, 0.3) is 0 Å². The van der Waals surface area contributed by atoms with Crippen LogP contribution in [0.2, 0.25) is 0 Å². The van der Waals surface area contributed by atoms with Crippen LogP contribution in [0.3, 0.4) is 0 Å². The number of carbonyl (C=O) groups excluding carboxylic acids is 3. The zero-order valence-corrected chi connectivity index (χ0v) is 14.1. The molecular formula is C17H14BrFO5. The van der Waals surface area contributed by atoms with Crippen molar-refractivity contribution in [1.29, 1.82) is 0 Å². The lowest BCUT2D eigenvalue weighted by molar-refractivity contribution is -0.154. The fourth-order valence-corrected chi connectivity index (χ4v) is 5.29. The number of ether oxygens (including phenoxy) is 2. The largest absolute Gasteiger partial charge is 0.461 e. The van der Waals surface area contributed by atoms with Gasteiger partial charge in [0, 0.05) is 11.5 Å². The lowest BCUT2D eigenvalue weighted by Gasteiger charge is -2.26. The molecule has 7 heteroatoms. The fraction of sp³-hybridized carbons (Fsp3) is 0.471. The van der Waals surface area contributed by atoms with E-state index in [9.17, 15) is 18.8 Å². The average Bonchev–Trinajstić information content (AvgIpc) is 3.17. The van der Waals surface area contributed by atoms with Crippen molar-refractivity contribution < 1.29 is 28.2 Å². The summed E-state index contributed by atoms with van der Waals surface area (Å²) < 4.78 is 23.4. The minimum Gasteiger partial charge on any atom is -0.461 e. The first-order valence-electron chi connectivity index (χ1n) is 7.77. The van der Waals surface area contributed by atoms with Gasteiger partial charge in [-0.3, -0.25) is 14.4 Å². The van der Waals surface area contributed by atoms with E-state index in [0.29, 0.717) is 0 Å². The molecule has 0 aromatic heterocycles. The lowest BCUT2D eigenvalue weighted by atomic mass is 9.80. The fourth-order valence-electron chi connectivity index (χ4n) is 4.25. The Kier molecular flexibility index (Phi) is 3.71. The molecule has 3 aliphatic rings. The minimum absolute atomic E-state index is 0.00938. The van der Waals surface area contributed by atoms with Gasteiger partial charge in [-0.25, -0.2) is 4.39 Å². The minimum atomic E-state index is -0.563. The molecule has 5 nitrogen and oxygen atoms in total. The van der Waals surface area contributed by atoms with Crippen LogP contribution in [0, 0.1) is 29.5 Å². The normalized spacial score (nSPS) is 35.8. The number of ketones is 1. The highest BCUT2D eigenvalue weighted by molar-refractivity contribution is 9.09. The summed E-state index contributed by atoms with van der Waals surface area (Å²) in [5.41, 5.74) is 0.274. The number of carbonyl (C=O) groups is 3. The summed E-state index contributed by atoms with van der Waals surface area (Å²) in [6, 6.07) is 5.04. The van der Waals surface area contributed by atoms with Gasteiger partial charge in [0.05, 0.1) is 16.7 Å². The van der Waals surface area contributed by atoms with E-state index in [1.165, 1.54) is 24.3 Å². The van der Waals surface area contributed by atoms with Crippen molar-refractivity contribution in [3.05, 3.63) is 35.6 Å². The molecule has 1 aromatic carbocycles. The predicted molar refractivity (Wildman–Crippen MR) is 82.9 cm³/mol.